The molecular formula is C8H4ClF5INO. The number of rotatable bonds is 3. The fourth-order valence-corrected chi connectivity index (χ4v) is 2.28. The smallest absolute Gasteiger partial charge is 0.388 e. The van der Waals surface area contributed by atoms with Crippen LogP contribution in [0.25, 0.3) is 0 Å². The first-order valence-corrected chi connectivity index (χ1v) is 5.65. The van der Waals surface area contributed by atoms with E-state index in [9.17, 15) is 22.0 Å². The number of pyridine rings is 1. The van der Waals surface area contributed by atoms with Gasteiger partial charge >= 0.3 is 6.36 Å². The van der Waals surface area contributed by atoms with Crippen LogP contribution in [0.2, 0.25) is 0 Å². The van der Waals surface area contributed by atoms with Crippen LogP contribution in [0.15, 0.2) is 6.07 Å². The van der Waals surface area contributed by atoms with E-state index >= 15 is 0 Å². The maximum absolute atomic E-state index is 12.6. The van der Waals surface area contributed by atoms with Crippen molar-refractivity contribution < 1.29 is 26.7 Å². The second-order valence-corrected chi connectivity index (χ2v) is 4.09. The van der Waals surface area contributed by atoms with E-state index in [4.69, 9.17) is 11.6 Å². The van der Waals surface area contributed by atoms with Gasteiger partial charge in [-0.1, -0.05) is 0 Å². The summed E-state index contributed by atoms with van der Waals surface area (Å²) in [6, 6.07) is 0.540. The normalized spacial score (nSPS) is 12.0. The quantitative estimate of drug-likeness (QED) is 0.335. The molecule has 0 radical (unpaired) electrons. The molecular weight excluding hydrogens is 383 g/mol. The molecule has 0 aliphatic rings. The molecule has 0 saturated carbocycles. The van der Waals surface area contributed by atoms with Crippen LogP contribution in [0, 0.1) is 3.70 Å². The van der Waals surface area contributed by atoms with Gasteiger partial charge in [-0.3, -0.25) is 0 Å². The van der Waals surface area contributed by atoms with Crippen molar-refractivity contribution in [1.29, 1.82) is 0 Å². The minimum atomic E-state index is -4.97. The van der Waals surface area contributed by atoms with Gasteiger partial charge in [0.1, 0.15) is 3.70 Å². The molecule has 0 N–H and O–H groups in total. The molecule has 0 aliphatic heterocycles. The molecule has 0 saturated heterocycles. The summed E-state index contributed by atoms with van der Waals surface area (Å²) < 4.78 is 64.3. The number of ether oxygens (including phenoxy) is 1. The Morgan fingerprint density at radius 1 is 1.41 bits per heavy atom. The van der Waals surface area contributed by atoms with Gasteiger partial charge in [0.05, 0.1) is 5.88 Å². The number of alkyl halides is 6. The first-order chi connectivity index (χ1) is 7.74. The molecule has 0 aromatic carbocycles. The van der Waals surface area contributed by atoms with Crippen LogP contribution >= 0.6 is 34.2 Å². The Morgan fingerprint density at radius 3 is 2.41 bits per heavy atom. The third kappa shape index (κ3) is 4.09. The van der Waals surface area contributed by atoms with E-state index < -0.39 is 24.2 Å². The Labute approximate surface area is 111 Å². The van der Waals surface area contributed by atoms with Crippen molar-refractivity contribution in [3.8, 4) is 5.88 Å². The first kappa shape index (κ1) is 14.7. The van der Waals surface area contributed by atoms with Gasteiger partial charge in [-0.2, -0.15) is 0 Å². The number of hydrogen-bond acceptors (Lipinski definition) is 2. The first-order valence-electron chi connectivity index (χ1n) is 4.03. The second kappa shape index (κ2) is 5.51. The Kier molecular flexibility index (Phi) is 4.76. The van der Waals surface area contributed by atoms with Crippen molar-refractivity contribution in [2.45, 2.75) is 18.7 Å². The van der Waals surface area contributed by atoms with Crippen LogP contribution in [-0.2, 0) is 5.88 Å². The summed E-state index contributed by atoms with van der Waals surface area (Å²) in [4.78, 5) is 3.40. The lowest BCUT2D eigenvalue weighted by molar-refractivity contribution is -0.276. The van der Waals surface area contributed by atoms with Gasteiger partial charge in [-0.15, -0.1) is 24.8 Å². The van der Waals surface area contributed by atoms with Crippen molar-refractivity contribution in [2.24, 2.45) is 0 Å². The Bertz CT molecular complexity index is 412. The molecule has 0 aliphatic carbocycles. The third-order valence-corrected chi connectivity index (χ3v) is 2.83. The zero-order valence-electron chi connectivity index (χ0n) is 7.86. The maximum Gasteiger partial charge on any atom is 0.574 e. The zero-order valence-corrected chi connectivity index (χ0v) is 10.8. The molecule has 0 amide bonds. The van der Waals surface area contributed by atoms with Crippen molar-refractivity contribution in [1.82, 2.24) is 4.98 Å². The number of aromatic nitrogens is 1. The van der Waals surface area contributed by atoms with Crippen LogP contribution in [-0.4, -0.2) is 11.3 Å². The van der Waals surface area contributed by atoms with Crippen molar-refractivity contribution in [3.05, 3.63) is 20.9 Å². The van der Waals surface area contributed by atoms with Crippen molar-refractivity contribution in [2.75, 3.05) is 0 Å². The summed E-state index contributed by atoms with van der Waals surface area (Å²) in [6.45, 7) is 0. The van der Waals surface area contributed by atoms with Gasteiger partial charge in [-0.25, -0.2) is 13.8 Å². The number of halogens is 7. The summed E-state index contributed by atoms with van der Waals surface area (Å²) in [5.41, 5.74) is -0.615. The fraction of sp³-hybridized carbons (Fsp3) is 0.375. The predicted octanol–water partition coefficient (Wildman–Crippen LogP) is 4.26. The van der Waals surface area contributed by atoms with Crippen LogP contribution in [0.3, 0.4) is 0 Å². The Balaban J connectivity index is 3.20. The van der Waals surface area contributed by atoms with Gasteiger partial charge in [0.15, 0.2) is 0 Å². The standard InChI is InChI=1S/C8H4ClF5INO/c9-2-4-3(6(10)11)1-5(16-7(4)15)17-8(12,13)14/h1,6H,2H2. The fourth-order valence-electron chi connectivity index (χ4n) is 1.03. The molecule has 0 bridgehead atoms. The lowest BCUT2D eigenvalue weighted by atomic mass is 10.1. The SMILES string of the molecule is FC(F)c1cc(OC(F)(F)F)nc(I)c1CCl. The minimum Gasteiger partial charge on any atom is -0.388 e. The van der Waals surface area contributed by atoms with E-state index in [1.165, 1.54) is 22.6 Å². The lowest BCUT2D eigenvalue weighted by Crippen LogP contribution is -2.18. The van der Waals surface area contributed by atoms with E-state index in [1.54, 1.807) is 0 Å². The second-order valence-electron chi connectivity index (χ2n) is 2.80. The molecule has 0 fully saturated rings. The summed E-state index contributed by atoms with van der Waals surface area (Å²) in [6.07, 6.45) is -7.92. The van der Waals surface area contributed by atoms with E-state index in [1.807, 2.05) is 0 Å². The molecule has 1 rings (SSSR count). The summed E-state index contributed by atoms with van der Waals surface area (Å²) in [5.74, 6) is -1.19. The minimum absolute atomic E-state index is 0.00297. The summed E-state index contributed by atoms with van der Waals surface area (Å²) in [5, 5.41) is 0. The highest BCUT2D eigenvalue weighted by Crippen LogP contribution is 2.31. The maximum atomic E-state index is 12.6. The molecule has 17 heavy (non-hydrogen) atoms. The van der Waals surface area contributed by atoms with E-state index in [0.29, 0.717) is 6.07 Å². The largest absolute Gasteiger partial charge is 0.574 e. The third-order valence-electron chi connectivity index (χ3n) is 1.67. The van der Waals surface area contributed by atoms with Crippen molar-refractivity contribution in [3.63, 3.8) is 0 Å². The zero-order chi connectivity index (χ0) is 13.2. The monoisotopic (exact) mass is 387 g/mol. The predicted molar refractivity (Wildman–Crippen MR) is 58.2 cm³/mol. The number of hydrogen-bond donors (Lipinski definition) is 0. The molecule has 1 heterocycles. The van der Waals surface area contributed by atoms with Crippen molar-refractivity contribution >= 4 is 34.2 Å². The highest BCUT2D eigenvalue weighted by molar-refractivity contribution is 14.1. The van der Waals surface area contributed by atoms with Gasteiger partial charge in [-0.05, 0) is 22.6 Å². The van der Waals surface area contributed by atoms with Crippen LogP contribution in [0.4, 0.5) is 22.0 Å². The van der Waals surface area contributed by atoms with Gasteiger partial charge in [0, 0.05) is 17.2 Å². The molecule has 9 heteroatoms. The van der Waals surface area contributed by atoms with Gasteiger partial charge in [0.2, 0.25) is 5.88 Å². The summed E-state index contributed by atoms with van der Waals surface area (Å²) in [7, 11) is 0. The van der Waals surface area contributed by atoms with Gasteiger partial charge in [0.25, 0.3) is 6.43 Å². The topological polar surface area (TPSA) is 22.1 Å². The van der Waals surface area contributed by atoms with Crippen LogP contribution in [0.5, 0.6) is 5.88 Å². The Hall–Kier alpha value is -0.380. The molecule has 96 valence electrons. The number of nitrogens with zero attached hydrogens (tertiary/aromatic N) is 1. The molecule has 2 nitrogen and oxygen atoms in total. The average molecular weight is 387 g/mol. The molecule has 1 aromatic rings. The molecule has 0 spiro atoms. The van der Waals surface area contributed by atoms with Crippen LogP contribution < -0.4 is 4.74 Å². The lowest BCUT2D eigenvalue weighted by Gasteiger charge is -2.12. The Morgan fingerprint density at radius 2 is 2.00 bits per heavy atom. The highest BCUT2D eigenvalue weighted by atomic mass is 127. The summed E-state index contributed by atoms with van der Waals surface area (Å²) >= 11 is 6.95. The average Bonchev–Trinajstić information content (AvgIpc) is 2.13. The molecule has 0 unspecified atom stereocenters. The van der Waals surface area contributed by atoms with Gasteiger partial charge < -0.3 is 4.74 Å². The van der Waals surface area contributed by atoms with E-state index in [-0.39, 0.29) is 15.1 Å². The van der Waals surface area contributed by atoms with Crippen LogP contribution in [0.1, 0.15) is 17.6 Å². The van der Waals surface area contributed by atoms with E-state index in [0.717, 1.165) is 0 Å². The molecule has 1 aromatic heterocycles. The van der Waals surface area contributed by atoms with E-state index in [2.05, 4.69) is 9.72 Å². The molecule has 0 atom stereocenters. The highest BCUT2D eigenvalue weighted by Gasteiger charge is 2.32.